The fraction of sp³-hybridized carbons (Fsp3) is 0.250. The molecule has 0 spiro atoms. The van der Waals surface area contributed by atoms with Gasteiger partial charge in [-0.25, -0.2) is 8.78 Å². The van der Waals surface area contributed by atoms with Gasteiger partial charge in [-0.1, -0.05) is 12.1 Å². The molecule has 35 heavy (non-hydrogen) atoms. The van der Waals surface area contributed by atoms with Gasteiger partial charge in [-0.2, -0.15) is 10.4 Å². The first-order chi connectivity index (χ1) is 16.8. The van der Waals surface area contributed by atoms with Gasteiger partial charge in [0.1, 0.15) is 11.5 Å². The van der Waals surface area contributed by atoms with E-state index in [4.69, 9.17) is 0 Å². The number of fused-ring (bicyclic) bond motifs is 1. The van der Waals surface area contributed by atoms with E-state index in [1.54, 1.807) is 21.8 Å². The van der Waals surface area contributed by atoms with Crippen LogP contribution in [0.3, 0.4) is 0 Å². The van der Waals surface area contributed by atoms with Crippen molar-refractivity contribution in [1.82, 2.24) is 34.9 Å². The second kappa shape index (κ2) is 8.39. The van der Waals surface area contributed by atoms with Gasteiger partial charge in [0.15, 0.2) is 5.82 Å². The summed E-state index contributed by atoms with van der Waals surface area (Å²) < 4.78 is 29.2. The molecule has 0 unspecified atom stereocenters. The highest BCUT2D eigenvalue weighted by Gasteiger charge is 2.38. The third-order valence-corrected chi connectivity index (χ3v) is 6.54. The lowest BCUT2D eigenvalue weighted by molar-refractivity contribution is 0.0651. The Bertz CT molecular complexity index is 1500. The zero-order valence-electron chi connectivity index (χ0n) is 19.1. The van der Waals surface area contributed by atoms with Gasteiger partial charge in [0.05, 0.1) is 23.9 Å². The van der Waals surface area contributed by atoms with Crippen LogP contribution in [0.15, 0.2) is 42.6 Å². The Morgan fingerprint density at radius 1 is 1.20 bits per heavy atom. The number of amides is 1. The van der Waals surface area contributed by atoms with E-state index in [0.717, 1.165) is 33.2 Å². The molecule has 2 atom stereocenters. The smallest absolute Gasteiger partial charge is 0.296 e. The number of carbonyl (C=O) groups is 1. The van der Waals surface area contributed by atoms with E-state index >= 15 is 0 Å². The average Bonchev–Trinajstić information content (AvgIpc) is 3.46. The quantitative estimate of drug-likeness (QED) is 0.452. The van der Waals surface area contributed by atoms with Gasteiger partial charge < -0.3 is 4.90 Å². The van der Waals surface area contributed by atoms with Crippen molar-refractivity contribution in [1.29, 1.82) is 5.26 Å². The number of hydrogen-bond donors (Lipinski definition) is 0. The van der Waals surface area contributed by atoms with Gasteiger partial charge in [-0.15, -0.1) is 15.0 Å². The van der Waals surface area contributed by atoms with Gasteiger partial charge in [0.2, 0.25) is 0 Å². The summed E-state index contributed by atoms with van der Waals surface area (Å²) >= 11 is 0. The molecular formula is C24H20F2N8O. The Labute approximate surface area is 199 Å². The summed E-state index contributed by atoms with van der Waals surface area (Å²) in [7, 11) is 1.84. The number of aryl methyl sites for hydroxylation is 1. The van der Waals surface area contributed by atoms with Crippen molar-refractivity contribution in [3.63, 3.8) is 0 Å². The molecule has 4 aromatic rings. The number of hydrogen-bond acceptors (Lipinski definition) is 6. The highest BCUT2D eigenvalue weighted by Crippen LogP contribution is 2.42. The second-order valence-electron chi connectivity index (χ2n) is 8.41. The number of nitriles is 1. The van der Waals surface area contributed by atoms with E-state index in [2.05, 4.69) is 26.6 Å². The van der Waals surface area contributed by atoms with E-state index in [9.17, 15) is 18.8 Å². The van der Waals surface area contributed by atoms with Crippen LogP contribution in [0.2, 0.25) is 0 Å². The minimum atomic E-state index is -0.882. The molecule has 0 saturated carbocycles. The molecule has 0 aliphatic carbocycles. The summed E-state index contributed by atoms with van der Waals surface area (Å²) in [5.41, 5.74) is 3.94. The van der Waals surface area contributed by atoms with Gasteiger partial charge in [-0.05, 0) is 48.4 Å². The third-order valence-electron chi connectivity index (χ3n) is 6.54. The molecule has 0 radical (unpaired) electrons. The normalized spacial score (nSPS) is 17.2. The van der Waals surface area contributed by atoms with Crippen molar-refractivity contribution in [3.8, 4) is 11.8 Å². The monoisotopic (exact) mass is 474 g/mol. The summed E-state index contributed by atoms with van der Waals surface area (Å²) in [5, 5.41) is 25.8. The highest BCUT2D eigenvalue weighted by molar-refractivity contribution is 5.91. The fourth-order valence-corrected chi connectivity index (χ4v) is 4.62. The predicted molar refractivity (Wildman–Crippen MR) is 119 cm³/mol. The summed E-state index contributed by atoms with van der Waals surface area (Å²) in [6.07, 6.45) is 1.77. The summed E-state index contributed by atoms with van der Waals surface area (Å²) in [4.78, 5) is 16.0. The Morgan fingerprint density at radius 3 is 2.69 bits per heavy atom. The third kappa shape index (κ3) is 3.63. The average molecular weight is 474 g/mol. The van der Waals surface area contributed by atoms with Gasteiger partial charge in [0.25, 0.3) is 11.7 Å². The molecule has 5 rings (SSSR count). The van der Waals surface area contributed by atoms with E-state index in [1.807, 2.05) is 33.0 Å². The van der Waals surface area contributed by atoms with Crippen LogP contribution in [-0.4, -0.2) is 47.3 Å². The Hall–Kier alpha value is -4.46. The molecule has 9 nitrogen and oxygen atoms in total. The van der Waals surface area contributed by atoms with Crippen molar-refractivity contribution in [2.75, 3.05) is 6.54 Å². The van der Waals surface area contributed by atoms with Crippen molar-refractivity contribution < 1.29 is 13.6 Å². The maximum absolute atomic E-state index is 14.2. The molecular weight excluding hydrogens is 454 g/mol. The molecule has 11 heteroatoms. The molecule has 3 heterocycles. The molecule has 0 saturated heterocycles. The van der Waals surface area contributed by atoms with Gasteiger partial charge in [0, 0.05) is 36.8 Å². The van der Waals surface area contributed by atoms with Gasteiger partial charge >= 0.3 is 0 Å². The van der Waals surface area contributed by atoms with E-state index in [1.165, 1.54) is 6.07 Å². The maximum Gasteiger partial charge on any atom is 0.296 e. The van der Waals surface area contributed by atoms with Crippen LogP contribution in [0, 0.1) is 29.9 Å². The van der Waals surface area contributed by atoms with Crippen molar-refractivity contribution in [2.45, 2.75) is 25.8 Å². The number of rotatable bonds is 3. The summed E-state index contributed by atoms with van der Waals surface area (Å²) in [6.45, 7) is 4.09. The Balaban J connectivity index is 1.56. The van der Waals surface area contributed by atoms with Crippen LogP contribution in [0.25, 0.3) is 5.69 Å². The van der Waals surface area contributed by atoms with Crippen molar-refractivity contribution in [3.05, 3.63) is 88.0 Å². The molecule has 0 fully saturated rings. The minimum absolute atomic E-state index is 0.134. The Kier molecular flexibility index (Phi) is 5.36. The number of nitrogens with zero attached hydrogens (tertiary/aromatic N) is 8. The number of halogens is 2. The van der Waals surface area contributed by atoms with Gasteiger partial charge in [-0.3, -0.25) is 9.48 Å². The van der Waals surface area contributed by atoms with Crippen LogP contribution >= 0.6 is 0 Å². The van der Waals surface area contributed by atoms with Crippen molar-refractivity contribution >= 4 is 5.91 Å². The lowest BCUT2D eigenvalue weighted by atomic mass is 9.80. The van der Waals surface area contributed by atoms with Crippen LogP contribution in [0.1, 0.15) is 57.5 Å². The maximum atomic E-state index is 14.2. The number of benzene rings is 2. The second-order valence-corrected chi connectivity index (χ2v) is 8.41. The fourth-order valence-electron chi connectivity index (χ4n) is 4.62. The van der Waals surface area contributed by atoms with E-state index in [0.29, 0.717) is 18.2 Å². The molecule has 1 aliphatic heterocycles. The number of tetrazole rings is 1. The van der Waals surface area contributed by atoms with Crippen LogP contribution < -0.4 is 0 Å². The Morgan fingerprint density at radius 2 is 2.00 bits per heavy atom. The number of aromatic nitrogens is 6. The van der Waals surface area contributed by atoms with E-state index in [-0.39, 0.29) is 17.4 Å². The van der Waals surface area contributed by atoms with Crippen LogP contribution in [-0.2, 0) is 7.05 Å². The molecule has 2 aromatic carbocycles. The molecule has 1 aliphatic rings. The SMILES string of the molecule is Cc1c([C@H]2CN(C(=O)c3nnn(-c4ccc(F)cc4F)n3)[C@@H](C)c3c(C#N)cccc32)cnn1C. The summed E-state index contributed by atoms with van der Waals surface area (Å²) in [6, 6.07) is 10.3. The largest absolute Gasteiger partial charge is 0.328 e. The first kappa shape index (κ1) is 22.3. The predicted octanol–water partition coefficient (Wildman–Crippen LogP) is 3.20. The topological polar surface area (TPSA) is 106 Å². The number of carbonyl (C=O) groups excluding carboxylic acids is 1. The minimum Gasteiger partial charge on any atom is -0.328 e. The standard InChI is InChI=1S/C24H20F2N8O/c1-13-18(11-28-32(13)3)19-12-33(14(2)22-15(10-27)5-4-6-17(19)22)24(35)23-29-31-34(30-23)21-8-7-16(25)9-20(21)26/h4-9,11,14,19H,12H2,1-3H3/t14-,19-/m0/s1. The van der Waals surface area contributed by atoms with Crippen LogP contribution in [0.4, 0.5) is 8.78 Å². The highest BCUT2D eigenvalue weighted by atomic mass is 19.1. The van der Waals surface area contributed by atoms with E-state index < -0.39 is 23.6 Å². The first-order valence-electron chi connectivity index (χ1n) is 10.9. The molecule has 2 aromatic heterocycles. The zero-order chi connectivity index (χ0) is 24.9. The first-order valence-corrected chi connectivity index (χ1v) is 10.9. The molecule has 0 bridgehead atoms. The lowest BCUT2D eigenvalue weighted by Gasteiger charge is -2.39. The molecule has 0 N–H and O–H groups in total. The lowest BCUT2D eigenvalue weighted by Crippen LogP contribution is -2.42. The zero-order valence-corrected chi connectivity index (χ0v) is 19.1. The molecule has 176 valence electrons. The summed E-state index contributed by atoms with van der Waals surface area (Å²) in [5.74, 6) is -2.60. The van der Waals surface area contributed by atoms with Crippen LogP contribution in [0.5, 0.6) is 0 Å². The molecule has 1 amide bonds. The van der Waals surface area contributed by atoms with Crippen molar-refractivity contribution in [2.24, 2.45) is 7.05 Å².